The first-order valence-corrected chi connectivity index (χ1v) is 11.7. The predicted molar refractivity (Wildman–Crippen MR) is 127 cm³/mol. The second-order valence-corrected chi connectivity index (χ2v) is 9.53. The maximum absolute atomic E-state index is 13.3. The zero-order valence-corrected chi connectivity index (χ0v) is 19.1. The molecule has 1 N–H and O–H groups in total. The average Bonchev–Trinajstić information content (AvgIpc) is 3.38. The van der Waals surface area contributed by atoms with Crippen LogP contribution in [0.25, 0.3) is 27.5 Å². The number of aryl methyl sites for hydroxylation is 1. The molecule has 1 saturated heterocycles. The highest BCUT2D eigenvalue weighted by Crippen LogP contribution is 2.44. The number of thiazole rings is 1. The third kappa shape index (κ3) is 3.54. The fourth-order valence-electron chi connectivity index (χ4n) is 4.50. The van der Waals surface area contributed by atoms with Gasteiger partial charge < -0.3 is 10.2 Å². The molecule has 0 bridgehead atoms. The van der Waals surface area contributed by atoms with Crippen molar-refractivity contribution < 1.29 is 13.6 Å². The van der Waals surface area contributed by atoms with Gasteiger partial charge in [0.05, 0.1) is 40.7 Å². The SMILES string of the molecule is CC(=O)Nc1nc2c(s1)-c1c(c(-c3cccnc3)nn1-c1ccc(N3CC(F)(F)C3)cc1)CC2. The molecule has 0 radical (unpaired) electrons. The summed E-state index contributed by atoms with van der Waals surface area (Å²) in [5, 5.41) is 8.32. The van der Waals surface area contributed by atoms with Crippen LogP contribution in [-0.2, 0) is 17.6 Å². The van der Waals surface area contributed by atoms with E-state index in [2.05, 4.69) is 15.3 Å². The van der Waals surface area contributed by atoms with E-state index in [-0.39, 0.29) is 19.0 Å². The number of nitrogens with one attached hydrogen (secondary N) is 1. The van der Waals surface area contributed by atoms with Crippen molar-refractivity contribution >= 4 is 28.1 Å². The van der Waals surface area contributed by atoms with Crippen molar-refractivity contribution in [3.05, 3.63) is 60.0 Å². The lowest BCUT2D eigenvalue weighted by molar-refractivity contribution is -0.114. The first-order chi connectivity index (χ1) is 16.4. The number of halogens is 2. The molecule has 6 rings (SSSR count). The Morgan fingerprint density at radius 3 is 2.56 bits per heavy atom. The van der Waals surface area contributed by atoms with Gasteiger partial charge in [0.1, 0.15) is 0 Å². The molecule has 1 aliphatic heterocycles. The Balaban J connectivity index is 1.46. The Morgan fingerprint density at radius 1 is 1.12 bits per heavy atom. The number of hydrogen-bond acceptors (Lipinski definition) is 6. The number of carbonyl (C=O) groups is 1. The second-order valence-electron chi connectivity index (χ2n) is 8.53. The van der Waals surface area contributed by atoms with Gasteiger partial charge in [-0.05, 0) is 49.2 Å². The number of amides is 1. The van der Waals surface area contributed by atoms with E-state index in [0.717, 1.165) is 57.3 Å². The molecular formula is C24H20F2N6OS. The van der Waals surface area contributed by atoms with E-state index >= 15 is 0 Å². The van der Waals surface area contributed by atoms with E-state index < -0.39 is 5.92 Å². The van der Waals surface area contributed by atoms with Crippen molar-refractivity contribution in [1.82, 2.24) is 19.7 Å². The third-order valence-electron chi connectivity index (χ3n) is 6.03. The molecule has 34 heavy (non-hydrogen) atoms. The topological polar surface area (TPSA) is 75.9 Å². The molecule has 4 aromatic rings. The summed E-state index contributed by atoms with van der Waals surface area (Å²) >= 11 is 1.43. The Kier molecular flexibility index (Phi) is 4.73. The molecule has 7 nitrogen and oxygen atoms in total. The normalized spacial score (nSPS) is 15.9. The van der Waals surface area contributed by atoms with Crippen LogP contribution < -0.4 is 10.2 Å². The summed E-state index contributed by atoms with van der Waals surface area (Å²) in [6.07, 6.45) is 5.03. The number of hydrogen-bond donors (Lipinski definition) is 1. The quantitative estimate of drug-likeness (QED) is 0.465. The maximum Gasteiger partial charge on any atom is 0.282 e. The lowest BCUT2D eigenvalue weighted by atomic mass is 9.95. The molecule has 3 aromatic heterocycles. The second kappa shape index (κ2) is 7.69. The number of anilines is 2. The molecular weight excluding hydrogens is 458 g/mol. The lowest BCUT2D eigenvalue weighted by Gasteiger charge is -2.40. The smallest absolute Gasteiger partial charge is 0.282 e. The molecule has 0 atom stereocenters. The maximum atomic E-state index is 13.3. The van der Waals surface area contributed by atoms with Gasteiger partial charge >= 0.3 is 0 Å². The molecule has 0 unspecified atom stereocenters. The van der Waals surface area contributed by atoms with Crippen LogP contribution in [0.3, 0.4) is 0 Å². The summed E-state index contributed by atoms with van der Waals surface area (Å²) in [6, 6.07) is 11.4. The number of benzene rings is 1. The first-order valence-electron chi connectivity index (χ1n) is 10.9. The fourth-order valence-corrected chi connectivity index (χ4v) is 5.61. The minimum Gasteiger partial charge on any atom is -0.359 e. The van der Waals surface area contributed by atoms with Gasteiger partial charge in [-0.25, -0.2) is 18.4 Å². The lowest BCUT2D eigenvalue weighted by Crippen LogP contribution is -2.56. The molecule has 1 amide bonds. The average molecular weight is 479 g/mol. The fraction of sp³-hybridized carbons (Fsp3) is 0.250. The summed E-state index contributed by atoms with van der Waals surface area (Å²) in [6.45, 7) is 0.946. The van der Waals surface area contributed by atoms with Crippen molar-refractivity contribution in [2.45, 2.75) is 25.7 Å². The van der Waals surface area contributed by atoms with Gasteiger partial charge in [-0.1, -0.05) is 11.3 Å². The minimum absolute atomic E-state index is 0.164. The van der Waals surface area contributed by atoms with E-state index in [9.17, 15) is 13.6 Å². The number of fused-ring (bicyclic) bond motifs is 3. The van der Waals surface area contributed by atoms with Crippen LogP contribution in [-0.4, -0.2) is 44.7 Å². The molecule has 172 valence electrons. The van der Waals surface area contributed by atoms with Crippen LogP contribution in [0.15, 0.2) is 48.8 Å². The minimum atomic E-state index is -2.62. The van der Waals surface area contributed by atoms with Gasteiger partial charge in [-0.2, -0.15) is 5.10 Å². The molecule has 1 fully saturated rings. The molecule has 2 aliphatic rings. The summed E-state index contributed by atoms with van der Waals surface area (Å²) in [5.74, 6) is -2.78. The zero-order chi connectivity index (χ0) is 23.4. The molecule has 4 heterocycles. The Labute approximate surface area is 198 Å². The molecule has 0 saturated carbocycles. The Morgan fingerprint density at radius 2 is 1.88 bits per heavy atom. The largest absolute Gasteiger partial charge is 0.359 e. The van der Waals surface area contributed by atoms with Gasteiger partial charge in [0, 0.05) is 36.1 Å². The van der Waals surface area contributed by atoms with Gasteiger partial charge in [0.25, 0.3) is 5.92 Å². The van der Waals surface area contributed by atoms with Crippen LogP contribution in [0, 0.1) is 0 Å². The van der Waals surface area contributed by atoms with Gasteiger partial charge in [-0.3, -0.25) is 9.78 Å². The van der Waals surface area contributed by atoms with E-state index in [1.165, 1.54) is 18.3 Å². The van der Waals surface area contributed by atoms with Crippen molar-refractivity contribution in [2.24, 2.45) is 0 Å². The summed E-state index contributed by atoms with van der Waals surface area (Å²) in [7, 11) is 0. The van der Waals surface area contributed by atoms with Crippen LogP contribution in [0.5, 0.6) is 0 Å². The summed E-state index contributed by atoms with van der Waals surface area (Å²) in [5.41, 5.74) is 6.34. The predicted octanol–water partition coefficient (Wildman–Crippen LogP) is 4.57. The van der Waals surface area contributed by atoms with Crippen molar-refractivity contribution in [3.8, 4) is 27.5 Å². The molecule has 1 aromatic carbocycles. The highest BCUT2D eigenvalue weighted by atomic mass is 32.1. The van der Waals surface area contributed by atoms with Gasteiger partial charge in [0.2, 0.25) is 5.91 Å². The van der Waals surface area contributed by atoms with E-state index in [0.29, 0.717) is 5.13 Å². The number of pyridine rings is 1. The summed E-state index contributed by atoms with van der Waals surface area (Å²) in [4.78, 5) is 23.1. The van der Waals surface area contributed by atoms with Crippen molar-refractivity contribution in [3.63, 3.8) is 0 Å². The van der Waals surface area contributed by atoms with E-state index in [1.807, 2.05) is 41.1 Å². The van der Waals surface area contributed by atoms with Crippen LogP contribution in [0.1, 0.15) is 18.2 Å². The standard InChI is InChI=1S/C24H20F2N6OS/c1-14(33)28-23-29-19-9-8-18-20(15-3-2-10-27-11-15)30-32(21(18)22(19)34-23)17-6-4-16(5-7-17)31-12-24(25,26)13-31/h2-7,10-11H,8-9,12-13H2,1H3,(H,28,29,33). The van der Waals surface area contributed by atoms with Crippen LogP contribution in [0.4, 0.5) is 19.6 Å². The summed E-state index contributed by atoms with van der Waals surface area (Å²) < 4.78 is 28.5. The molecule has 10 heteroatoms. The third-order valence-corrected chi connectivity index (χ3v) is 7.05. The molecule has 1 aliphatic carbocycles. The highest BCUT2D eigenvalue weighted by Gasteiger charge is 2.43. The highest BCUT2D eigenvalue weighted by molar-refractivity contribution is 7.19. The Bertz CT molecular complexity index is 1390. The van der Waals surface area contributed by atoms with Crippen LogP contribution in [0.2, 0.25) is 0 Å². The monoisotopic (exact) mass is 478 g/mol. The number of aromatic nitrogens is 4. The van der Waals surface area contributed by atoms with Gasteiger partial charge in [0.15, 0.2) is 5.13 Å². The van der Waals surface area contributed by atoms with E-state index in [4.69, 9.17) is 5.10 Å². The van der Waals surface area contributed by atoms with Crippen molar-refractivity contribution in [2.75, 3.05) is 23.3 Å². The molecule has 0 spiro atoms. The first kappa shape index (κ1) is 20.9. The van der Waals surface area contributed by atoms with E-state index in [1.54, 1.807) is 17.3 Å². The zero-order valence-electron chi connectivity index (χ0n) is 18.3. The van der Waals surface area contributed by atoms with Crippen LogP contribution >= 0.6 is 11.3 Å². The number of nitrogens with zero attached hydrogens (tertiary/aromatic N) is 5. The number of alkyl halides is 2. The number of rotatable bonds is 4. The number of carbonyl (C=O) groups excluding carboxylic acids is 1. The Hall–Kier alpha value is -3.66. The van der Waals surface area contributed by atoms with Gasteiger partial charge in [-0.15, -0.1) is 0 Å². The van der Waals surface area contributed by atoms with Crippen molar-refractivity contribution in [1.29, 1.82) is 0 Å².